The second-order valence-electron chi connectivity index (χ2n) is 31.7. The molecule has 0 N–H and O–H groups in total. The van der Waals surface area contributed by atoms with Crippen LogP contribution in [-0.2, 0) is 43.3 Å². The molecule has 0 saturated heterocycles. The summed E-state index contributed by atoms with van der Waals surface area (Å²) in [5.74, 6) is 0. The van der Waals surface area contributed by atoms with Crippen molar-refractivity contribution >= 4 is 57.2 Å². The summed E-state index contributed by atoms with van der Waals surface area (Å²) in [6.07, 6.45) is 4.68. The van der Waals surface area contributed by atoms with Crippen molar-refractivity contribution in [3.63, 3.8) is 0 Å². The van der Waals surface area contributed by atoms with E-state index in [0.29, 0.717) is 0 Å². The molecule has 0 atom stereocenters. The van der Waals surface area contributed by atoms with Crippen LogP contribution in [0.4, 0.5) is 34.1 Å². The Labute approximate surface area is 494 Å². The van der Waals surface area contributed by atoms with Crippen LogP contribution in [0.1, 0.15) is 207 Å². The van der Waals surface area contributed by atoms with Crippen LogP contribution in [0.15, 0.2) is 158 Å². The zero-order chi connectivity index (χ0) is 58.6. The third-order valence-corrected chi connectivity index (χ3v) is 20.6. The van der Waals surface area contributed by atoms with Crippen LogP contribution in [0.5, 0.6) is 0 Å². The van der Waals surface area contributed by atoms with Crippen LogP contribution in [0.2, 0.25) is 0 Å². The molecule has 2 heterocycles. The first-order valence-corrected chi connectivity index (χ1v) is 30.9. The Bertz CT molecular complexity index is 3820. The lowest BCUT2D eigenvalue weighted by Crippen LogP contribution is -2.62. The monoisotopic (exact) mass is 1080 g/mol. The first kappa shape index (κ1) is 55.9. The summed E-state index contributed by atoms with van der Waals surface area (Å²) in [5, 5.41) is 0. The lowest BCUT2D eigenvalue weighted by atomic mass is 9.33. The van der Waals surface area contributed by atoms with Gasteiger partial charge in [0, 0.05) is 39.4 Å². The molecule has 0 spiro atoms. The van der Waals surface area contributed by atoms with Crippen LogP contribution >= 0.6 is 0 Å². The Morgan fingerprint density at radius 2 is 0.793 bits per heavy atom. The van der Waals surface area contributed by atoms with Crippen molar-refractivity contribution in [1.29, 1.82) is 0 Å². The summed E-state index contributed by atoms with van der Waals surface area (Å²) in [7, 11) is 0. The molecule has 2 aliphatic carbocycles. The summed E-state index contributed by atoms with van der Waals surface area (Å²) in [4.78, 5) is 5.46. The Kier molecular flexibility index (Phi) is 12.8. The van der Waals surface area contributed by atoms with E-state index in [0.717, 1.165) is 12.8 Å². The molecule has 0 bridgehead atoms. The van der Waals surface area contributed by atoms with Gasteiger partial charge in [0.2, 0.25) is 0 Å². The van der Waals surface area contributed by atoms with Gasteiger partial charge < -0.3 is 9.80 Å². The largest absolute Gasteiger partial charge is 0.311 e. The standard InChI is InChI=1S/C79H91BN2/c1-72(2,3)53-31-29-51(30-32-53)50-25-27-52(28-26-50)59-43-56(79(18,19)54-23-21-20-22-24-54)34-38-66(59)82-67-44-55(73(4,5)6)33-37-64(67)80-65-48-62-63(78(16,17)42-41-77(62,14)15)49-68(65)81(69-45-57(74(7,8)9)46-70(82)71(69)80)58-35-36-60-61(47-58)76(12,13)40-39-75(60,10)11/h20-38,43-49H,39-42H2,1-19H3. The lowest BCUT2D eigenvalue weighted by molar-refractivity contribution is 0.332. The van der Waals surface area contributed by atoms with E-state index in [1.54, 1.807) is 0 Å². The molecule has 0 aromatic heterocycles. The number of fused-ring (bicyclic) bond motifs is 6. The van der Waals surface area contributed by atoms with Gasteiger partial charge in [-0.3, -0.25) is 0 Å². The fourth-order valence-corrected chi connectivity index (χ4v) is 14.6. The number of nitrogens with zero attached hydrogens (tertiary/aromatic N) is 2. The van der Waals surface area contributed by atoms with Crippen molar-refractivity contribution < 1.29 is 0 Å². The average Bonchev–Trinajstić information content (AvgIpc) is 0.905. The van der Waals surface area contributed by atoms with Gasteiger partial charge in [-0.25, -0.2) is 0 Å². The van der Waals surface area contributed by atoms with Crippen LogP contribution in [0.25, 0.3) is 22.3 Å². The maximum atomic E-state index is 2.74. The van der Waals surface area contributed by atoms with E-state index < -0.39 is 0 Å². The molecule has 0 unspecified atom stereocenters. The quantitative estimate of drug-likeness (QED) is 0.153. The summed E-state index contributed by atoms with van der Waals surface area (Å²) in [5.41, 5.74) is 29.0. The minimum absolute atomic E-state index is 0.00614. The fourth-order valence-electron chi connectivity index (χ4n) is 14.6. The van der Waals surface area contributed by atoms with Gasteiger partial charge in [-0.1, -0.05) is 241 Å². The molecule has 0 saturated carbocycles. The second kappa shape index (κ2) is 18.7. The molecule has 2 nitrogen and oxygen atoms in total. The Balaban J connectivity index is 1.18. The molecule has 8 aromatic carbocycles. The predicted molar refractivity (Wildman–Crippen MR) is 357 cm³/mol. The Morgan fingerprint density at radius 3 is 1.37 bits per heavy atom. The topological polar surface area (TPSA) is 6.48 Å². The van der Waals surface area contributed by atoms with Crippen molar-refractivity contribution in [2.24, 2.45) is 0 Å². The minimum Gasteiger partial charge on any atom is -0.311 e. The molecule has 0 amide bonds. The Morgan fingerprint density at radius 1 is 0.329 bits per heavy atom. The molecule has 3 heteroatoms. The van der Waals surface area contributed by atoms with Gasteiger partial charge >= 0.3 is 0 Å². The van der Waals surface area contributed by atoms with Crippen LogP contribution < -0.4 is 26.2 Å². The van der Waals surface area contributed by atoms with E-state index in [4.69, 9.17) is 0 Å². The van der Waals surface area contributed by atoms with Gasteiger partial charge in [0.15, 0.2) is 0 Å². The molecule has 0 radical (unpaired) electrons. The van der Waals surface area contributed by atoms with E-state index in [1.165, 1.54) is 136 Å². The molecule has 8 aromatic rings. The number of hydrogen-bond donors (Lipinski definition) is 0. The highest BCUT2D eigenvalue weighted by Gasteiger charge is 2.48. The number of rotatable bonds is 6. The summed E-state index contributed by atoms with van der Waals surface area (Å²) in [6, 6.07) is 62.9. The average molecular weight is 1080 g/mol. The summed E-state index contributed by atoms with van der Waals surface area (Å²) in [6.45, 7) is 45.9. The van der Waals surface area contributed by atoms with E-state index in [2.05, 4.69) is 299 Å². The fraction of sp³-hybridized carbons (Fsp3) is 0.392. The zero-order valence-corrected chi connectivity index (χ0v) is 53.3. The van der Waals surface area contributed by atoms with Crippen molar-refractivity contribution in [1.82, 2.24) is 0 Å². The molecule has 82 heavy (non-hydrogen) atoms. The normalized spacial score (nSPS) is 17.6. The highest BCUT2D eigenvalue weighted by Crippen LogP contribution is 2.54. The maximum absolute atomic E-state index is 2.74. The summed E-state index contributed by atoms with van der Waals surface area (Å²) >= 11 is 0. The third-order valence-electron chi connectivity index (χ3n) is 20.6. The van der Waals surface area contributed by atoms with Crippen molar-refractivity contribution in [3.05, 3.63) is 208 Å². The second-order valence-corrected chi connectivity index (χ2v) is 31.7. The van der Waals surface area contributed by atoms with Crippen LogP contribution in [0.3, 0.4) is 0 Å². The molecule has 420 valence electrons. The van der Waals surface area contributed by atoms with Crippen molar-refractivity contribution in [2.45, 2.75) is 201 Å². The third kappa shape index (κ3) is 9.22. The number of hydrogen-bond acceptors (Lipinski definition) is 2. The van der Waals surface area contributed by atoms with E-state index in [9.17, 15) is 0 Å². The van der Waals surface area contributed by atoms with Gasteiger partial charge in [0.1, 0.15) is 0 Å². The SMILES string of the molecule is CC(C)(C)c1ccc(-c2ccc(-c3cc(C(C)(C)c4ccccc4)ccc3N3c4cc(C(C)(C)C)ccc4B4c5cc6c(cc5N(c5ccc7c(c5)C(C)(C)CCC7(C)C)c5cc(C(C)(C)C)cc3c54)C(C)(C)CCC6(C)C)cc2)cc1. The molecule has 12 rings (SSSR count). The highest BCUT2D eigenvalue weighted by molar-refractivity contribution is 7.00. The number of benzene rings is 8. The van der Waals surface area contributed by atoms with E-state index in [1.807, 2.05) is 0 Å². The minimum atomic E-state index is -0.261. The summed E-state index contributed by atoms with van der Waals surface area (Å²) < 4.78 is 0. The molecular formula is C79H91BN2. The Hall–Kier alpha value is -6.58. The smallest absolute Gasteiger partial charge is 0.252 e. The van der Waals surface area contributed by atoms with Crippen molar-refractivity contribution in [3.8, 4) is 22.3 Å². The van der Waals surface area contributed by atoms with Crippen LogP contribution in [0, 0.1) is 0 Å². The van der Waals surface area contributed by atoms with Gasteiger partial charge in [0.25, 0.3) is 6.71 Å². The van der Waals surface area contributed by atoms with Crippen LogP contribution in [-0.4, -0.2) is 6.71 Å². The van der Waals surface area contributed by atoms with Gasteiger partial charge in [0.05, 0.1) is 5.69 Å². The zero-order valence-electron chi connectivity index (χ0n) is 53.3. The van der Waals surface area contributed by atoms with Gasteiger partial charge in [-0.15, -0.1) is 0 Å². The molecule has 0 fully saturated rings. The molecule has 4 aliphatic rings. The van der Waals surface area contributed by atoms with Gasteiger partial charge in [-0.05, 0) is 195 Å². The molecule has 2 aliphatic heterocycles. The lowest BCUT2D eigenvalue weighted by Gasteiger charge is -2.48. The van der Waals surface area contributed by atoms with Gasteiger partial charge in [-0.2, -0.15) is 0 Å². The first-order valence-electron chi connectivity index (χ1n) is 30.9. The molecular weight excluding hydrogens is 988 g/mol. The van der Waals surface area contributed by atoms with Crippen molar-refractivity contribution in [2.75, 3.05) is 9.80 Å². The first-order chi connectivity index (χ1) is 38.3. The van der Waals surface area contributed by atoms with E-state index >= 15 is 0 Å². The maximum Gasteiger partial charge on any atom is 0.252 e. The number of anilines is 6. The predicted octanol–water partition coefficient (Wildman–Crippen LogP) is 20.0. The highest BCUT2D eigenvalue weighted by atomic mass is 15.2. The van der Waals surface area contributed by atoms with E-state index in [-0.39, 0.29) is 50.0 Å².